The molecule has 1 heterocycles. The fourth-order valence-corrected chi connectivity index (χ4v) is 3.30. The molecule has 1 N–H and O–H groups in total. The zero-order chi connectivity index (χ0) is 14.5. The Hall–Kier alpha value is -0.840. The van der Waals surface area contributed by atoms with E-state index >= 15 is 0 Å². The van der Waals surface area contributed by atoms with Crippen molar-refractivity contribution in [2.24, 2.45) is 0 Å². The third kappa shape index (κ3) is 3.84. The van der Waals surface area contributed by atoms with Crippen LogP contribution in [0.25, 0.3) is 0 Å². The number of amides is 1. The van der Waals surface area contributed by atoms with E-state index in [2.05, 4.69) is 27.3 Å². The predicted molar refractivity (Wildman–Crippen MR) is 90.6 cm³/mol. The number of nitrogens with one attached hydrogen (secondary N) is 1. The van der Waals surface area contributed by atoms with Gasteiger partial charge in [-0.3, -0.25) is 4.79 Å². The van der Waals surface area contributed by atoms with Gasteiger partial charge >= 0.3 is 0 Å². The molecule has 1 amide bonds. The SMILES string of the molecule is Cc1csc(C(=O)Nc2cccc(CCCBr)c2)c1Cl. The normalized spacial score (nSPS) is 10.6. The minimum atomic E-state index is -0.147. The molecule has 0 spiro atoms. The second-order valence-corrected chi connectivity index (χ2v) is 6.56. The molecule has 0 aliphatic rings. The second kappa shape index (κ2) is 7.25. The van der Waals surface area contributed by atoms with Crippen molar-refractivity contribution in [1.82, 2.24) is 0 Å². The molecule has 0 saturated heterocycles. The lowest BCUT2D eigenvalue weighted by Gasteiger charge is -2.06. The molecular weight excluding hydrogens is 358 g/mol. The van der Waals surface area contributed by atoms with Gasteiger partial charge in [0.2, 0.25) is 0 Å². The minimum Gasteiger partial charge on any atom is -0.321 e. The highest BCUT2D eigenvalue weighted by atomic mass is 79.9. The molecule has 2 rings (SSSR count). The summed E-state index contributed by atoms with van der Waals surface area (Å²) in [5.41, 5.74) is 2.97. The van der Waals surface area contributed by atoms with E-state index in [1.165, 1.54) is 16.9 Å². The van der Waals surface area contributed by atoms with E-state index in [1.807, 2.05) is 30.5 Å². The molecule has 0 unspecified atom stereocenters. The lowest BCUT2D eigenvalue weighted by molar-refractivity contribution is 0.103. The van der Waals surface area contributed by atoms with Gasteiger partial charge < -0.3 is 5.32 Å². The molecule has 2 aromatic rings. The summed E-state index contributed by atoms with van der Waals surface area (Å²) in [7, 11) is 0. The number of rotatable bonds is 5. The summed E-state index contributed by atoms with van der Waals surface area (Å²) in [6, 6.07) is 7.93. The highest BCUT2D eigenvalue weighted by molar-refractivity contribution is 9.09. The van der Waals surface area contributed by atoms with Crippen molar-refractivity contribution < 1.29 is 4.79 Å². The lowest BCUT2D eigenvalue weighted by atomic mass is 10.1. The van der Waals surface area contributed by atoms with Crippen LogP contribution in [-0.4, -0.2) is 11.2 Å². The highest BCUT2D eigenvalue weighted by Crippen LogP contribution is 2.28. The van der Waals surface area contributed by atoms with E-state index in [-0.39, 0.29) is 5.91 Å². The summed E-state index contributed by atoms with van der Waals surface area (Å²) in [5, 5.41) is 6.32. The maximum absolute atomic E-state index is 12.2. The van der Waals surface area contributed by atoms with Gasteiger partial charge in [-0.05, 0) is 48.4 Å². The summed E-state index contributed by atoms with van der Waals surface area (Å²) in [6.45, 7) is 1.90. The number of aryl methyl sites for hydroxylation is 2. The van der Waals surface area contributed by atoms with Crippen molar-refractivity contribution in [3.05, 3.63) is 50.7 Å². The molecule has 2 nitrogen and oxygen atoms in total. The summed E-state index contributed by atoms with van der Waals surface area (Å²) in [5.74, 6) is -0.147. The monoisotopic (exact) mass is 371 g/mol. The maximum Gasteiger partial charge on any atom is 0.267 e. The molecule has 5 heteroatoms. The first-order valence-corrected chi connectivity index (χ1v) is 8.69. The van der Waals surface area contributed by atoms with Gasteiger partial charge in [0.05, 0.1) is 5.02 Å². The van der Waals surface area contributed by atoms with Crippen LogP contribution in [0.4, 0.5) is 5.69 Å². The number of halogens is 2. The molecule has 106 valence electrons. The number of hydrogen-bond acceptors (Lipinski definition) is 2. The van der Waals surface area contributed by atoms with E-state index in [0.717, 1.165) is 29.4 Å². The Morgan fingerprint density at radius 3 is 2.90 bits per heavy atom. The minimum absolute atomic E-state index is 0.147. The summed E-state index contributed by atoms with van der Waals surface area (Å²) in [6.07, 6.45) is 2.07. The molecular formula is C15H15BrClNOS. The van der Waals surface area contributed by atoms with Crippen LogP contribution in [0.5, 0.6) is 0 Å². The van der Waals surface area contributed by atoms with E-state index in [1.54, 1.807) is 0 Å². The van der Waals surface area contributed by atoms with Gasteiger partial charge in [0, 0.05) is 11.0 Å². The molecule has 1 aromatic heterocycles. The zero-order valence-electron chi connectivity index (χ0n) is 11.1. The Labute approximate surface area is 136 Å². The van der Waals surface area contributed by atoms with Crippen LogP contribution in [0.1, 0.15) is 27.2 Å². The number of alkyl halides is 1. The van der Waals surface area contributed by atoms with Crippen LogP contribution in [0, 0.1) is 6.92 Å². The average molecular weight is 373 g/mol. The number of thiophene rings is 1. The summed E-state index contributed by atoms with van der Waals surface area (Å²) >= 11 is 10.9. The summed E-state index contributed by atoms with van der Waals surface area (Å²) in [4.78, 5) is 12.7. The van der Waals surface area contributed by atoms with Gasteiger partial charge in [-0.15, -0.1) is 11.3 Å². The number of carbonyl (C=O) groups excluding carboxylic acids is 1. The Bertz CT molecular complexity index is 612. The molecule has 0 fully saturated rings. The molecule has 0 atom stereocenters. The van der Waals surface area contributed by atoms with E-state index in [4.69, 9.17) is 11.6 Å². The standard InChI is InChI=1S/C15H15BrClNOS/c1-10-9-20-14(13(10)17)15(19)18-12-6-2-4-11(8-12)5-3-7-16/h2,4,6,8-9H,3,5,7H2,1H3,(H,18,19). The van der Waals surface area contributed by atoms with Crippen molar-refractivity contribution in [2.75, 3.05) is 10.6 Å². The first-order chi connectivity index (χ1) is 9.61. The third-order valence-electron chi connectivity index (χ3n) is 2.89. The quantitative estimate of drug-likeness (QED) is 0.710. The van der Waals surface area contributed by atoms with Crippen LogP contribution in [0.2, 0.25) is 5.02 Å². The zero-order valence-corrected chi connectivity index (χ0v) is 14.2. The fourth-order valence-electron chi connectivity index (χ4n) is 1.85. The number of anilines is 1. The maximum atomic E-state index is 12.2. The molecule has 0 bridgehead atoms. The largest absolute Gasteiger partial charge is 0.321 e. The third-order valence-corrected chi connectivity index (χ3v) is 5.15. The molecule has 0 aliphatic heterocycles. The van der Waals surface area contributed by atoms with Gasteiger partial charge in [0.15, 0.2) is 0 Å². The summed E-state index contributed by atoms with van der Waals surface area (Å²) < 4.78 is 0. The first-order valence-electron chi connectivity index (χ1n) is 6.31. The van der Waals surface area contributed by atoms with E-state index < -0.39 is 0 Å². The fraction of sp³-hybridized carbons (Fsp3) is 0.267. The van der Waals surface area contributed by atoms with Gasteiger partial charge in [-0.1, -0.05) is 39.7 Å². The van der Waals surface area contributed by atoms with Crippen LogP contribution in [0.15, 0.2) is 29.6 Å². The highest BCUT2D eigenvalue weighted by Gasteiger charge is 2.14. The van der Waals surface area contributed by atoms with E-state index in [0.29, 0.717) is 9.90 Å². The molecule has 0 aliphatic carbocycles. The first kappa shape index (κ1) is 15.5. The number of hydrogen-bond donors (Lipinski definition) is 1. The van der Waals surface area contributed by atoms with Gasteiger partial charge in [0.25, 0.3) is 5.91 Å². The van der Waals surface area contributed by atoms with Crippen molar-refractivity contribution in [3.8, 4) is 0 Å². The Kier molecular flexibility index (Phi) is 5.64. The van der Waals surface area contributed by atoms with Gasteiger partial charge in [0.1, 0.15) is 4.88 Å². The Balaban J connectivity index is 2.09. The van der Waals surface area contributed by atoms with Crippen LogP contribution in [-0.2, 0) is 6.42 Å². The van der Waals surface area contributed by atoms with Crippen LogP contribution < -0.4 is 5.32 Å². The van der Waals surface area contributed by atoms with Crippen molar-refractivity contribution >= 4 is 50.5 Å². The predicted octanol–water partition coefficient (Wildman–Crippen LogP) is 5.29. The van der Waals surface area contributed by atoms with Crippen molar-refractivity contribution in [2.45, 2.75) is 19.8 Å². The van der Waals surface area contributed by atoms with E-state index in [9.17, 15) is 4.79 Å². The van der Waals surface area contributed by atoms with Crippen LogP contribution in [0.3, 0.4) is 0 Å². The van der Waals surface area contributed by atoms with Crippen molar-refractivity contribution in [3.63, 3.8) is 0 Å². The second-order valence-electron chi connectivity index (χ2n) is 4.51. The molecule has 20 heavy (non-hydrogen) atoms. The molecule has 0 radical (unpaired) electrons. The molecule has 0 saturated carbocycles. The topological polar surface area (TPSA) is 29.1 Å². The van der Waals surface area contributed by atoms with Gasteiger partial charge in [-0.2, -0.15) is 0 Å². The Morgan fingerprint density at radius 2 is 2.25 bits per heavy atom. The van der Waals surface area contributed by atoms with Crippen LogP contribution >= 0.6 is 38.9 Å². The number of carbonyl (C=O) groups is 1. The molecule has 1 aromatic carbocycles. The lowest BCUT2D eigenvalue weighted by Crippen LogP contribution is -2.10. The Morgan fingerprint density at radius 1 is 1.45 bits per heavy atom. The smallest absolute Gasteiger partial charge is 0.267 e. The van der Waals surface area contributed by atoms with Crippen molar-refractivity contribution in [1.29, 1.82) is 0 Å². The van der Waals surface area contributed by atoms with Gasteiger partial charge in [-0.25, -0.2) is 0 Å². The number of benzene rings is 1. The average Bonchev–Trinajstić information content (AvgIpc) is 2.77.